The lowest BCUT2D eigenvalue weighted by Crippen LogP contribution is -2.61. The summed E-state index contributed by atoms with van der Waals surface area (Å²) >= 11 is 0. The molecule has 0 aliphatic heterocycles. The van der Waals surface area contributed by atoms with Crippen molar-refractivity contribution in [3.63, 3.8) is 0 Å². The van der Waals surface area contributed by atoms with Gasteiger partial charge < -0.3 is 23.9 Å². The lowest BCUT2D eigenvalue weighted by molar-refractivity contribution is -0.154. The lowest BCUT2D eigenvalue weighted by Gasteiger charge is -2.51. The molecule has 4 aromatic carbocycles. The highest BCUT2D eigenvalue weighted by molar-refractivity contribution is 6.80. The predicted molar refractivity (Wildman–Crippen MR) is 279 cm³/mol. The summed E-state index contributed by atoms with van der Waals surface area (Å²) in [6.45, 7) is 22.6. The zero-order valence-corrected chi connectivity index (χ0v) is 45.1. The van der Waals surface area contributed by atoms with E-state index in [0.717, 1.165) is 28.3 Å². The first-order valence-electron chi connectivity index (χ1n) is 24.3. The van der Waals surface area contributed by atoms with Crippen LogP contribution in [0.15, 0.2) is 121 Å². The summed E-state index contributed by atoms with van der Waals surface area (Å²) < 4.78 is 12.8. The van der Waals surface area contributed by atoms with Gasteiger partial charge in [0.2, 0.25) is 17.7 Å². The molecule has 0 aliphatic rings. The second-order valence-corrected chi connectivity index (χ2v) is 27.4. The van der Waals surface area contributed by atoms with E-state index in [1.807, 2.05) is 121 Å². The number of carbonyl (C=O) groups excluding carboxylic acids is 5. The molecule has 0 unspecified atom stereocenters. The van der Waals surface area contributed by atoms with Crippen LogP contribution in [0.5, 0.6) is 0 Å². The van der Waals surface area contributed by atoms with Crippen LogP contribution in [0.25, 0.3) is 0 Å². The van der Waals surface area contributed by atoms with Gasteiger partial charge in [0.1, 0.15) is 29.8 Å². The number of likely N-dealkylation sites (N-methyl/N-ethyl adjacent to an activating group) is 4. The molecule has 0 saturated carbocycles. The number of carbonyl (C=O) groups is 5. The molecule has 0 fully saturated rings. The van der Waals surface area contributed by atoms with Crippen LogP contribution in [0.1, 0.15) is 98.4 Å². The Kier molecular flexibility index (Phi) is 19.2. The normalized spacial score (nSPS) is 13.9. The highest BCUT2D eigenvalue weighted by Crippen LogP contribution is 2.55. The van der Waals surface area contributed by atoms with Crippen molar-refractivity contribution >= 4 is 38.1 Å². The third kappa shape index (κ3) is 14.9. The molecule has 11 nitrogen and oxygen atoms in total. The molecule has 4 atom stereocenters. The smallest absolute Gasteiger partial charge is 0.410 e. The zero-order valence-electron chi connectivity index (χ0n) is 44.1. The molecular formula is C57H80N4O7Si. The van der Waals surface area contributed by atoms with Crippen LogP contribution >= 0.6 is 0 Å². The molecule has 0 aromatic heterocycles. The molecule has 4 rings (SSSR count). The second kappa shape index (κ2) is 23.7. The number of rotatable bonds is 19. The summed E-state index contributed by atoms with van der Waals surface area (Å²) in [5.74, 6) is -1.62. The maximum absolute atomic E-state index is 15.5. The second-order valence-electron chi connectivity index (χ2n) is 22.1. The van der Waals surface area contributed by atoms with Gasteiger partial charge in [0.05, 0.1) is 0 Å². The predicted octanol–water partition coefficient (Wildman–Crippen LogP) is 10.4. The molecular weight excluding hydrogens is 881 g/mol. The highest BCUT2D eigenvalue weighted by atomic mass is 28.4. The van der Waals surface area contributed by atoms with Crippen molar-refractivity contribution in [2.24, 2.45) is 5.92 Å². The van der Waals surface area contributed by atoms with E-state index in [4.69, 9.17) is 9.16 Å². The summed E-state index contributed by atoms with van der Waals surface area (Å²) in [7, 11) is 3.36. The van der Waals surface area contributed by atoms with Crippen LogP contribution in [0.2, 0.25) is 16.1 Å². The Bertz CT molecular complexity index is 2280. The van der Waals surface area contributed by atoms with Gasteiger partial charge in [-0.05, 0) is 65.1 Å². The zero-order chi connectivity index (χ0) is 51.5. The quantitative estimate of drug-likeness (QED) is 0.0859. The number of benzene rings is 4. The van der Waals surface area contributed by atoms with Gasteiger partial charge in [-0.15, -0.1) is 0 Å². The number of hydrogen-bond donors (Lipinski definition) is 0. The van der Waals surface area contributed by atoms with Gasteiger partial charge in [0.15, 0.2) is 0 Å². The molecule has 0 radical (unpaired) electrons. The molecule has 0 N–H and O–H groups in total. The van der Waals surface area contributed by atoms with E-state index in [9.17, 15) is 4.79 Å². The van der Waals surface area contributed by atoms with Crippen molar-refractivity contribution < 1.29 is 33.1 Å². The Balaban J connectivity index is 1.84. The Morgan fingerprint density at radius 2 is 0.725 bits per heavy atom. The van der Waals surface area contributed by atoms with Crippen LogP contribution in [-0.4, -0.2) is 116 Å². The van der Waals surface area contributed by atoms with Gasteiger partial charge in [-0.2, -0.15) is 0 Å². The average molecular weight is 961 g/mol. The van der Waals surface area contributed by atoms with Gasteiger partial charge in [-0.3, -0.25) is 24.1 Å². The fraction of sp³-hybridized carbons (Fsp3) is 0.491. The van der Waals surface area contributed by atoms with E-state index < -0.39 is 67.9 Å². The van der Waals surface area contributed by atoms with Crippen molar-refractivity contribution in [1.29, 1.82) is 0 Å². The Morgan fingerprint density at radius 3 is 1.00 bits per heavy atom. The molecule has 0 spiro atoms. The SMILES string of the molecule is CC(C)C[Si](OC(=O)[C@H](Cc1ccccc1)N(C)C(=O)[C@H](Cc1ccccc1)N(C)C(=O)[C@H](Cc1ccccc1)N(C)C(=O)[C@H](Cc1ccccc1)N(C)C(=O)OC(C)(C)C)(C(C)(C)C)C(C)(C)C. The van der Waals surface area contributed by atoms with Gasteiger partial charge in [-0.25, -0.2) is 4.79 Å². The molecule has 0 bridgehead atoms. The molecule has 4 amide bonds. The molecule has 69 heavy (non-hydrogen) atoms. The van der Waals surface area contributed by atoms with Crippen LogP contribution < -0.4 is 0 Å². The third-order valence-corrected chi connectivity index (χ3v) is 20.0. The van der Waals surface area contributed by atoms with Crippen molar-refractivity contribution in [3.05, 3.63) is 144 Å². The third-order valence-electron chi connectivity index (χ3n) is 13.2. The Morgan fingerprint density at radius 1 is 0.449 bits per heavy atom. The minimum absolute atomic E-state index is 0.119. The van der Waals surface area contributed by atoms with Gasteiger partial charge >= 0.3 is 12.1 Å². The largest absolute Gasteiger partial charge is 0.516 e. The van der Waals surface area contributed by atoms with Gasteiger partial charge in [-0.1, -0.05) is 177 Å². The number of hydrogen-bond acceptors (Lipinski definition) is 7. The minimum Gasteiger partial charge on any atom is -0.516 e. The number of amides is 4. The van der Waals surface area contributed by atoms with Crippen LogP contribution in [-0.2, 0) is 54.0 Å². The van der Waals surface area contributed by atoms with E-state index in [-0.39, 0.29) is 41.7 Å². The summed E-state index contributed by atoms with van der Waals surface area (Å²) in [5.41, 5.74) is 2.45. The lowest BCUT2D eigenvalue weighted by atomic mass is 9.97. The molecule has 374 valence electrons. The minimum atomic E-state index is -2.97. The molecule has 0 heterocycles. The Labute approximate surface area is 414 Å². The van der Waals surface area contributed by atoms with Crippen LogP contribution in [0, 0.1) is 5.92 Å². The van der Waals surface area contributed by atoms with Crippen molar-refractivity contribution in [3.8, 4) is 0 Å². The highest BCUT2D eigenvalue weighted by Gasteiger charge is 2.58. The van der Waals surface area contributed by atoms with E-state index in [2.05, 4.69) is 55.4 Å². The van der Waals surface area contributed by atoms with Crippen LogP contribution in [0.4, 0.5) is 4.79 Å². The van der Waals surface area contributed by atoms with Gasteiger partial charge in [0.25, 0.3) is 8.32 Å². The first-order valence-corrected chi connectivity index (χ1v) is 26.4. The summed E-state index contributed by atoms with van der Waals surface area (Å²) in [5, 5.41) is -0.681. The van der Waals surface area contributed by atoms with Crippen molar-refractivity contribution in [1.82, 2.24) is 19.6 Å². The van der Waals surface area contributed by atoms with Crippen LogP contribution in [0.3, 0.4) is 0 Å². The molecule has 4 aromatic rings. The summed E-state index contributed by atoms with van der Waals surface area (Å²) in [6, 6.07) is 34.3. The van der Waals surface area contributed by atoms with E-state index in [1.54, 1.807) is 41.9 Å². The fourth-order valence-corrected chi connectivity index (χ4v) is 15.2. The number of nitrogens with zero attached hydrogens (tertiary/aromatic N) is 4. The fourth-order valence-electron chi connectivity index (χ4n) is 9.42. The summed E-state index contributed by atoms with van der Waals surface area (Å²) in [6.07, 6.45) is -0.0780. The van der Waals surface area contributed by atoms with E-state index in [1.165, 1.54) is 26.6 Å². The van der Waals surface area contributed by atoms with E-state index in [0.29, 0.717) is 0 Å². The number of ether oxygens (including phenoxy) is 1. The molecule has 0 saturated heterocycles. The monoisotopic (exact) mass is 961 g/mol. The topological polar surface area (TPSA) is 117 Å². The summed E-state index contributed by atoms with van der Waals surface area (Å²) in [4.78, 5) is 80.5. The maximum Gasteiger partial charge on any atom is 0.410 e. The Hall–Kier alpha value is -5.75. The average Bonchev–Trinajstić information content (AvgIpc) is 3.29. The van der Waals surface area contributed by atoms with Gasteiger partial charge in [0, 0.05) is 53.9 Å². The van der Waals surface area contributed by atoms with Crippen molar-refractivity contribution in [2.75, 3.05) is 28.2 Å². The first-order chi connectivity index (χ1) is 32.2. The molecule has 12 heteroatoms. The van der Waals surface area contributed by atoms with E-state index >= 15 is 19.2 Å². The maximum atomic E-state index is 15.5. The van der Waals surface area contributed by atoms with Crippen molar-refractivity contribution in [2.45, 2.75) is 148 Å². The standard InChI is InChI=1S/C57H80N4O7Si/c1-41(2)40-69(56(6,7)8,57(9,10)11)68-53(65)49(39-45-34-26-19-27-35-45)60(14)51(63)47(37-43-30-22-17-23-31-43)58(12)50(62)46(36-42-28-20-16-21-29-42)59(13)52(64)48(38-44-32-24-18-25-33-44)61(15)54(66)67-55(3,4)5/h16-35,41,46-49H,36-40H2,1-15H3/t46-,47-,48-,49-/m0/s1. The molecule has 0 aliphatic carbocycles. The first kappa shape index (κ1) is 55.8.